The summed E-state index contributed by atoms with van der Waals surface area (Å²) in [4.78, 5) is 16.3. The average Bonchev–Trinajstić information content (AvgIpc) is 2.57. The largest absolute Gasteiger partial charge is 0.323 e. The van der Waals surface area contributed by atoms with Crippen LogP contribution in [0.2, 0.25) is 0 Å². The molecule has 0 saturated heterocycles. The number of aromatic nitrogens is 1. The Morgan fingerprint density at radius 3 is 2.65 bits per heavy atom. The van der Waals surface area contributed by atoms with Crippen LogP contribution >= 0.6 is 0 Å². The van der Waals surface area contributed by atoms with Crippen LogP contribution in [-0.2, 0) is 11.3 Å². The van der Waals surface area contributed by atoms with Gasteiger partial charge in [0.05, 0.1) is 17.7 Å². The van der Waals surface area contributed by atoms with Crippen LogP contribution in [-0.4, -0.2) is 17.4 Å². The van der Waals surface area contributed by atoms with E-state index in [0.29, 0.717) is 12.2 Å². The van der Waals surface area contributed by atoms with Crippen molar-refractivity contribution >= 4 is 22.5 Å². The summed E-state index contributed by atoms with van der Waals surface area (Å²) in [6.45, 7) is 0.669. The Morgan fingerprint density at radius 1 is 1.04 bits per heavy atom. The van der Waals surface area contributed by atoms with Crippen LogP contribution in [0.3, 0.4) is 0 Å². The molecule has 3 rings (SSSR count). The van der Waals surface area contributed by atoms with Gasteiger partial charge in [0.15, 0.2) is 0 Å². The van der Waals surface area contributed by atoms with Crippen LogP contribution in [0.5, 0.6) is 0 Å². The molecule has 4 nitrogen and oxygen atoms in total. The minimum atomic E-state index is -0.269. The third-order valence-electron chi connectivity index (χ3n) is 3.43. The monoisotopic (exact) mass is 309 g/mol. The molecule has 5 heteroatoms. The molecule has 0 saturated carbocycles. The maximum Gasteiger partial charge on any atom is 0.238 e. The van der Waals surface area contributed by atoms with Gasteiger partial charge in [-0.1, -0.05) is 30.3 Å². The Bertz CT molecular complexity index is 813. The summed E-state index contributed by atoms with van der Waals surface area (Å²) in [7, 11) is 0. The molecule has 0 unspecified atom stereocenters. The van der Waals surface area contributed by atoms with E-state index in [1.54, 1.807) is 18.3 Å². The molecule has 3 aromatic rings. The SMILES string of the molecule is O=C(CNCc1ccc(F)cc1)Nc1cccc2cccnc12. The molecule has 1 aromatic heterocycles. The second-order valence-corrected chi connectivity index (χ2v) is 5.16. The normalized spacial score (nSPS) is 10.7. The molecule has 2 N–H and O–H groups in total. The number of fused-ring (bicyclic) bond motifs is 1. The number of benzene rings is 2. The number of amides is 1. The molecule has 0 radical (unpaired) electrons. The second-order valence-electron chi connectivity index (χ2n) is 5.16. The third kappa shape index (κ3) is 3.90. The maximum absolute atomic E-state index is 12.8. The summed E-state index contributed by atoms with van der Waals surface area (Å²) in [5.41, 5.74) is 2.38. The molecule has 1 amide bonds. The van der Waals surface area contributed by atoms with Crippen LogP contribution in [0.1, 0.15) is 5.56 Å². The predicted molar refractivity (Wildman–Crippen MR) is 88.5 cm³/mol. The van der Waals surface area contributed by atoms with Crippen LogP contribution in [0, 0.1) is 5.82 Å². The van der Waals surface area contributed by atoms with Crippen molar-refractivity contribution in [3.05, 3.63) is 72.2 Å². The van der Waals surface area contributed by atoms with E-state index in [9.17, 15) is 9.18 Å². The number of hydrogen-bond donors (Lipinski definition) is 2. The first-order valence-corrected chi connectivity index (χ1v) is 7.31. The van der Waals surface area contributed by atoms with E-state index < -0.39 is 0 Å². The van der Waals surface area contributed by atoms with Gasteiger partial charge < -0.3 is 10.6 Å². The lowest BCUT2D eigenvalue weighted by Crippen LogP contribution is -2.27. The van der Waals surface area contributed by atoms with Gasteiger partial charge in [-0.2, -0.15) is 0 Å². The summed E-state index contributed by atoms with van der Waals surface area (Å²) in [6, 6.07) is 15.6. The standard InChI is InChI=1S/C18H16FN3O/c19-15-8-6-13(7-9-15)11-20-12-17(23)22-16-5-1-3-14-4-2-10-21-18(14)16/h1-10,20H,11-12H2,(H,22,23). The fourth-order valence-electron chi connectivity index (χ4n) is 2.32. The smallest absolute Gasteiger partial charge is 0.238 e. The number of hydrogen-bond acceptors (Lipinski definition) is 3. The summed E-state index contributed by atoms with van der Waals surface area (Å²) in [5, 5.41) is 6.87. The molecule has 0 fully saturated rings. The fraction of sp³-hybridized carbons (Fsp3) is 0.111. The lowest BCUT2D eigenvalue weighted by molar-refractivity contribution is -0.115. The van der Waals surface area contributed by atoms with Crippen molar-refractivity contribution in [1.29, 1.82) is 0 Å². The highest BCUT2D eigenvalue weighted by Gasteiger charge is 2.06. The van der Waals surface area contributed by atoms with E-state index >= 15 is 0 Å². The summed E-state index contributed by atoms with van der Waals surface area (Å²) in [6.07, 6.45) is 1.70. The molecule has 0 aliphatic rings. The Hall–Kier alpha value is -2.79. The van der Waals surface area contributed by atoms with Crippen LogP contribution < -0.4 is 10.6 Å². The Balaban J connectivity index is 1.57. The highest BCUT2D eigenvalue weighted by molar-refractivity contribution is 6.00. The molecule has 0 bridgehead atoms. The summed E-state index contributed by atoms with van der Waals surface area (Å²) >= 11 is 0. The van der Waals surface area contributed by atoms with Crippen molar-refractivity contribution in [2.75, 3.05) is 11.9 Å². The van der Waals surface area contributed by atoms with E-state index in [1.165, 1.54) is 12.1 Å². The van der Waals surface area contributed by atoms with Gasteiger partial charge in [0.1, 0.15) is 5.82 Å². The molecule has 0 aliphatic carbocycles. The topological polar surface area (TPSA) is 54.0 Å². The summed E-state index contributed by atoms with van der Waals surface area (Å²) in [5.74, 6) is -0.416. The number of nitrogens with zero attached hydrogens (tertiary/aromatic N) is 1. The Kier molecular flexibility index (Phi) is 4.59. The molecule has 23 heavy (non-hydrogen) atoms. The number of anilines is 1. The van der Waals surface area contributed by atoms with Gasteiger partial charge in [-0.25, -0.2) is 4.39 Å². The van der Waals surface area contributed by atoms with Crippen LogP contribution in [0.4, 0.5) is 10.1 Å². The fourth-order valence-corrected chi connectivity index (χ4v) is 2.32. The zero-order valence-corrected chi connectivity index (χ0v) is 12.4. The quantitative estimate of drug-likeness (QED) is 0.761. The van der Waals surface area contributed by atoms with E-state index in [4.69, 9.17) is 0 Å². The van der Waals surface area contributed by atoms with Crippen molar-refractivity contribution < 1.29 is 9.18 Å². The van der Waals surface area contributed by atoms with Gasteiger partial charge in [0.2, 0.25) is 5.91 Å². The molecule has 0 atom stereocenters. The molecule has 0 spiro atoms. The van der Waals surface area contributed by atoms with Crippen molar-refractivity contribution in [3.8, 4) is 0 Å². The number of carbonyl (C=O) groups excluding carboxylic acids is 1. The van der Waals surface area contributed by atoms with E-state index in [1.807, 2.05) is 30.3 Å². The third-order valence-corrected chi connectivity index (χ3v) is 3.43. The van der Waals surface area contributed by atoms with Crippen molar-refractivity contribution in [3.63, 3.8) is 0 Å². The number of carbonyl (C=O) groups is 1. The van der Waals surface area contributed by atoms with Crippen molar-refractivity contribution in [2.45, 2.75) is 6.54 Å². The van der Waals surface area contributed by atoms with E-state index in [0.717, 1.165) is 16.5 Å². The lowest BCUT2D eigenvalue weighted by atomic mass is 10.2. The molecular formula is C18H16FN3O. The van der Waals surface area contributed by atoms with Gasteiger partial charge >= 0.3 is 0 Å². The zero-order valence-electron chi connectivity index (χ0n) is 12.4. The van der Waals surface area contributed by atoms with Crippen LogP contribution in [0.15, 0.2) is 60.8 Å². The molecule has 116 valence electrons. The van der Waals surface area contributed by atoms with Gasteiger partial charge in [0, 0.05) is 18.1 Å². The number of pyridine rings is 1. The Morgan fingerprint density at radius 2 is 1.83 bits per heavy atom. The first-order chi connectivity index (χ1) is 11.2. The minimum Gasteiger partial charge on any atom is -0.323 e. The molecule has 1 heterocycles. The van der Waals surface area contributed by atoms with Crippen molar-refractivity contribution in [2.24, 2.45) is 0 Å². The Labute approximate surface area is 133 Å². The van der Waals surface area contributed by atoms with E-state index in [2.05, 4.69) is 15.6 Å². The predicted octanol–water partition coefficient (Wildman–Crippen LogP) is 3.10. The zero-order chi connectivity index (χ0) is 16.1. The lowest BCUT2D eigenvalue weighted by Gasteiger charge is -2.09. The molecule has 0 aliphatic heterocycles. The summed E-state index contributed by atoms with van der Waals surface area (Å²) < 4.78 is 12.8. The number of rotatable bonds is 5. The first kappa shape index (κ1) is 15.1. The van der Waals surface area contributed by atoms with Gasteiger partial charge in [0.25, 0.3) is 0 Å². The van der Waals surface area contributed by atoms with Gasteiger partial charge in [-0.05, 0) is 29.8 Å². The van der Waals surface area contributed by atoms with Gasteiger partial charge in [-0.3, -0.25) is 9.78 Å². The highest BCUT2D eigenvalue weighted by atomic mass is 19.1. The number of nitrogens with one attached hydrogen (secondary N) is 2. The minimum absolute atomic E-state index is 0.148. The highest BCUT2D eigenvalue weighted by Crippen LogP contribution is 2.20. The van der Waals surface area contributed by atoms with Crippen molar-refractivity contribution in [1.82, 2.24) is 10.3 Å². The second kappa shape index (κ2) is 6.98. The van der Waals surface area contributed by atoms with Gasteiger partial charge in [-0.15, -0.1) is 0 Å². The van der Waals surface area contributed by atoms with E-state index in [-0.39, 0.29) is 18.3 Å². The number of halogens is 1. The first-order valence-electron chi connectivity index (χ1n) is 7.31. The van der Waals surface area contributed by atoms with Crippen LogP contribution in [0.25, 0.3) is 10.9 Å². The molecule has 2 aromatic carbocycles. The number of para-hydroxylation sites is 1. The maximum atomic E-state index is 12.8. The average molecular weight is 309 g/mol. The molecular weight excluding hydrogens is 293 g/mol.